The Kier molecular flexibility index (Phi) is 6.36. The number of amides is 1. The normalized spacial score (nSPS) is 10.6. The summed E-state index contributed by atoms with van der Waals surface area (Å²) in [6, 6.07) is 8.00. The number of nitrogens with zero attached hydrogens (tertiary/aromatic N) is 1. The van der Waals surface area contributed by atoms with Gasteiger partial charge in [-0.15, -0.1) is 0 Å². The van der Waals surface area contributed by atoms with Crippen LogP contribution >= 0.6 is 0 Å². The molecule has 1 aromatic carbocycles. The van der Waals surface area contributed by atoms with Crippen molar-refractivity contribution in [2.24, 2.45) is 0 Å². The SMILES string of the molecule is COc1cccc(N(C)C(=O)CCCNC(C)C)c1. The maximum Gasteiger partial charge on any atom is 0.226 e. The van der Waals surface area contributed by atoms with Crippen LogP contribution in [0, 0.1) is 0 Å². The van der Waals surface area contributed by atoms with Gasteiger partial charge in [-0.25, -0.2) is 0 Å². The minimum Gasteiger partial charge on any atom is -0.497 e. The van der Waals surface area contributed by atoms with Crippen LogP contribution in [0.25, 0.3) is 0 Å². The Morgan fingerprint density at radius 3 is 2.79 bits per heavy atom. The van der Waals surface area contributed by atoms with Crippen LogP contribution in [0.2, 0.25) is 0 Å². The molecule has 0 aromatic heterocycles. The fourth-order valence-corrected chi connectivity index (χ4v) is 1.76. The first-order chi connectivity index (χ1) is 9.04. The number of carbonyl (C=O) groups excluding carboxylic acids is 1. The van der Waals surface area contributed by atoms with Crippen LogP contribution < -0.4 is 15.0 Å². The second-order valence-corrected chi connectivity index (χ2v) is 4.87. The highest BCUT2D eigenvalue weighted by molar-refractivity contribution is 5.92. The Morgan fingerprint density at radius 1 is 1.42 bits per heavy atom. The van der Waals surface area contributed by atoms with E-state index in [2.05, 4.69) is 19.2 Å². The minimum absolute atomic E-state index is 0.124. The van der Waals surface area contributed by atoms with Crippen molar-refractivity contribution < 1.29 is 9.53 Å². The summed E-state index contributed by atoms with van der Waals surface area (Å²) < 4.78 is 5.16. The van der Waals surface area contributed by atoms with E-state index in [4.69, 9.17) is 4.74 Å². The van der Waals surface area contributed by atoms with E-state index < -0.39 is 0 Å². The Bertz CT molecular complexity index is 405. The number of benzene rings is 1. The molecule has 0 radical (unpaired) electrons. The molecule has 106 valence electrons. The number of hydrogen-bond donors (Lipinski definition) is 1. The molecule has 1 N–H and O–H groups in total. The monoisotopic (exact) mass is 264 g/mol. The first-order valence-electron chi connectivity index (χ1n) is 6.68. The predicted molar refractivity (Wildman–Crippen MR) is 78.8 cm³/mol. The van der Waals surface area contributed by atoms with Crippen LogP contribution in [0.4, 0.5) is 5.69 Å². The second-order valence-electron chi connectivity index (χ2n) is 4.87. The average Bonchev–Trinajstić information content (AvgIpc) is 2.42. The number of methoxy groups -OCH3 is 1. The molecule has 0 bridgehead atoms. The summed E-state index contributed by atoms with van der Waals surface area (Å²) in [6.07, 6.45) is 1.40. The minimum atomic E-state index is 0.124. The lowest BCUT2D eigenvalue weighted by atomic mass is 10.2. The van der Waals surface area contributed by atoms with Crippen LogP contribution in [0.1, 0.15) is 26.7 Å². The van der Waals surface area contributed by atoms with Crippen LogP contribution in [0.15, 0.2) is 24.3 Å². The third-order valence-corrected chi connectivity index (χ3v) is 2.93. The van der Waals surface area contributed by atoms with Gasteiger partial charge in [0.25, 0.3) is 0 Å². The molecule has 0 aliphatic heterocycles. The lowest BCUT2D eigenvalue weighted by Gasteiger charge is -2.18. The molecule has 0 saturated carbocycles. The molecule has 0 heterocycles. The number of hydrogen-bond acceptors (Lipinski definition) is 3. The first-order valence-corrected chi connectivity index (χ1v) is 6.68. The van der Waals surface area contributed by atoms with Gasteiger partial charge in [0.05, 0.1) is 7.11 Å². The molecule has 0 spiro atoms. The van der Waals surface area contributed by atoms with E-state index in [0.717, 1.165) is 24.4 Å². The summed E-state index contributed by atoms with van der Waals surface area (Å²) in [7, 11) is 3.42. The van der Waals surface area contributed by atoms with Crippen molar-refractivity contribution in [1.29, 1.82) is 0 Å². The van der Waals surface area contributed by atoms with Gasteiger partial charge in [-0.3, -0.25) is 4.79 Å². The van der Waals surface area contributed by atoms with Crippen molar-refractivity contribution in [2.45, 2.75) is 32.7 Å². The lowest BCUT2D eigenvalue weighted by molar-refractivity contribution is -0.118. The topological polar surface area (TPSA) is 41.6 Å². The predicted octanol–water partition coefficient (Wildman–Crippen LogP) is 2.44. The fraction of sp³-hybridized carbons (Fsp3) is 0.533. The average molecular weight is 264 g/mol. The summed E-state index contributed by atoms with van der Waals surface area (Å²) in [5.41, 5.74) is 0.862. The number of ether oxygens (including phenoxy) is 1. The first kappa shape index (κ1) is 15.5. The van der Waals surface area contributed by atoms with E-state index in [-0.39, 0.29) is 5.91 Å². The highest BCUT2D eigenvalue weighted by Gasteiger charge is 2.11. The molecule has 1 aromatic rings. The largest absolute Gasteiger partial charge is 0.497 e. The van der Waals surface area contributed by atoms with Gasteiger partial charge < -0.3 is 15.0 Å². The Morgan fingerprint density at radius 2 is 2.16 bits per heavy atom. The van der Waals surface area contributed by atoms with Crippen molar-refractivity contribution in [2.75, 3.05) is 25.6 Å². The Labute approximate surface area is 115 Å². The van der Waals surface area contributed by atoms with Crippen molar-refractivity contribution in [3.8, 4) is 5.75 Å². The zero-order valence-corrected chi connectivity index (χ0v) is 12.3. The highest BCUT2D eigenvalue weighted by Crippen LogP contribution is 2.20. The van der Waals surface area contributed by atoms with Crippen molar-refractivity contribution >= 4 is 11.6 Å². The molecule has 0 aliphatic carbocycles. The molecule has 4 nitrogen and oxygen atoms in total. The molecule has 4 heteroatoms. The Hall–Kier alpha value is -1.55. The molecule has 0 unspecified atom stereocenters. The highest BCUT2D eigenvalue weighted by atomic mass is 16.5. The molecule has 1 amide bonds. The summed E-state index contributed by atoms with van der Waals surface area (Å²) in [5, 5.41) is 3.31. The van der Waals surface area contributed by atoms with Crippen molar-refractivity contribution in [3.05, 3.63) is 24.3 Å². The van der Waals surface area contributed by atoms with Gasteiger partial charge in [0, 0.05) is 31.3 Å². The van der Waals surface area contributed by atoms with Gasteiger partial charge in [0.1, 0.15) is 5.75 Å². The molecule has 0 saturated heterocycles. The van der Waals surface area contributed by atoms with E-state index >= 15 is 0 Å². The van der Waals surface area contributed by atoms with Gasteiger partial charge >= 0.3 is 0 Å². The second kappa shape index (κ2) is 7.79. The molecule has 19 heavy (non-hydrogen) atoms. The Balaban J connectivity index is 2.47. The summed E-state index contributed by atoms with van der Waals surface area (Å²) in [6.45, 7) is 5.07. The van der Waals surface area contributed by atoms with Gasteiger partial charge in [-0.2, -0.15) is 0 Å². The molecular weight excluding hydrogens is 240 g/mol. The van der Waals surface area contributed by atoms with E-state index in [9.17, 15) is 4.79 Å². The smallest absolute Gasteiger partial charge is 0.226 e. The number of nitrogens with one attached hydrogen (secondary N) is 1. The summed E-state index contributed by atoms with van der Waals surface area (Å²) in [4.78, 5) is 13.7. The van der Waals surface area contributed by atoms with Crippen LogP contribution in [0.5, 0.6) is 5.75 Å². The quantitative estimate of drug-likeness (QED) is 0.769. The summed E-state index contributed by atoms with van der Waals surface area (Å²) in [5.74, 6) is 0.887. The lowest BCUT2D eigenvalue weighted by Crippen LogP contribution is -2.28. The van der Waals surface area contributed by atoms with Gasteiger partial charge in [0.15, 0.2) is 0 Å². The molecule has 0 atom stereocenters. The third kappa shape index (κ3) is 5.30. The number of carbonyl (C=O) groups is 1. The van der Waals surface area contributed by atoms with Gasteiger partial charge in [-0.05, 0) is 25.1 Å². The number of anilines is 1. The van der Waals surface area contributed by atoms with E-state index in [1.807, 2.05) is 24.3 Å². The van der Waals surface area contributed by atoms with Crippen molar-refractivity contribution in [1.82, 2.24) is 5.32 Å². The van der Waals surface area contributed by atoms with E-state index in [1.165, 1.54) is 0 Å². The van der Waals surface area contributed by atoms with E-state index in [1.54, 1.807) is 19.1 Å². The maximum atomic E-state index is 12.0. The van der Waals surface area contributed by atoms with Crippen LogP contribution in [-0.2, 0) is 4.79 Å². The zero-order valence-electron chi connectivity index (χ0n) is 12.3. The third-order valence-electron chi connectivity index (χ3n) is 2.93. The van der Waals surface area contributed by atoms with Crippen molar-refractivity contribution in [3.63, 3.8) is 0 Å². The van der Waals surface area contributed by atoms with Crippen LogP contribution in [0.3, 0.4) is 0 Å². The van der Waals surface area contributed by atoms with Crippen LogP contribution in [-0.4, -0.2) is 32.7 Å². The molecule has 0 aliphatic rings. The van der Waals surface area contributed by atoms with Gasteiger partial charge in [0.2, 0.25) is 5.91 Å². The molecular formula is C15H24N2O2. The summed E-state index contributed by atoms with van der Waals surface area (Å²) >= 11 is 0. The fourth-order valence-electron chi connectivity index (χ4n) is 1.76. The van der Waals surface area contributed by atoms with E-state index in [0.29, 0.717) is 12.5 Å². The molecule has 0 fully saturated rings. The standard InChI is InChI=1S/C15H24N2O2/c1-12(2)16-10-6-9-15(18)17(3)13-7-5-8-14(11-13)19-4/h5,7-8,11-12,16H,6,9-10H2,1-4H3. The van der Waals surface area contributed by atoms with Gasteiger partial charge in [-0.1, -0.05) is 19.9 Å². The zero-order chi connectivity index (χ0) is 14.3. The molecule has 1 rings (SSSR count). The number of rotatable bonds is 7. The maximum absolute atomic E-state index is 12.0.